The van der Waals surface area contributed by atoms with Crippen molar-refractivity contribution < 1.29 is 29.3 Å². The van der Waals surface area contributed by atoms with Gasteiger partial charge in [-0.1, -0.05) is 41.9 Å². The Morgan fingerprint density at radius 2 is 1.74 bits per heavy atom. The van der Waals surface area contributed by atoms with E-state index in [1.165, 1.54) is 16.7 Å². The normalized spacial score (nSPS) is 12.8. The highest BCUT2D eigenvalue weighted by Crippen LogP contribution is 2.34. The molecule has 11 heteroatoms. The average Bonchev–Trinajstić information content (AvgIpc) is 2.84. The first-order valence-electron chi connectivity index (χ1n) is 12.5. The number of nitrogens with one attached hydrogen (secondary N) is 2. The predicted molar refractivity (Wildman–Crippen MR) is 155 cm³/mol. The number of hydrogen-bond acceptors (Lipinski definition) is 7. The molecule has 2 unspecified atom stereocenters. The number of carbonyl (C=O) groups is 3. The number of alkyl carbamates (subject to hydrolysis) is 1. The molecule has 3 amide bonds. The van der Waals surface area contributed by atoms with Crippen molar-refractivity contribution in [2.24, 2.45) is 0 Å². The van der Waals surface area contributed by atoms with Crippen LogP contribution in [0.2, 0.25) is 5.02 Å². The Morgan fingerprint density at radius 3 is 2.33 bits per heavy atom. The first kappa shape index (κ1) is 32.3. The summed E-state index contributed by atoms with van der Waals surface area (Å²) in [4.78, 5) is 41.6. The molecule has 0 heterocycles. The van der Waals surface area contributed by atoms with Gasteiger partial charge in [-0.25, -0.2) is 4.79 Å². The summed E-state index contributed by atoms with van der Waals surface area (Å²) in [6.07, 6.45) is 1.34. The molecule has 0 radical (unpaired) electrons. The van der Waals surface area contributed by atoms with Gasteiger partial charge in [-0.05, 0) is 70.2 Å². The number of carbonyl (C=O) groups excluding carboxylic acids is 3. The number of anilines is 1. The fraction of sp³-hybridized carbons (Fsp3) is 0.464. The topological polar surface area (TPSA) is 128 Å². The van der Waals surface area contributed by atoms with Crippen molar-refractivity contribution in [3.63, 3.8) is 0 Å². The van der Waals surface area contributed by atoms with Gasteiger partial charge in [-0.3, -0.25) is 9.59 Å². The van der Waals surface area contributed by atoms with Crippen LogP contribution < -0.4 is 10.6 Å². The van der Waals surface area contributed by atoms with Crippen molar-refractivity contribution in [3.05, 3.63) is 58.1 Å². The highest BCUT2D eigenvalue weighted by atomic mass is 35.5. The summed E-state index contributed by atoms with van der Waals surface area (Å²) in [7, 11) is 0. The third kappa shape index (κ3) is 9.05. The van der Waals surface area contributed by atoms with E-state index < -0.39 is 42.2 Å². The standard InChI is InChI=1S/C28H38ClN3O6S/c1-17-9-8-12-20(29)22(17)31-25(35)23(19-11-7-10-18(2)24(19)34)32(14-15-33)26(36)21(13-16-39-6)30-27(37)38-28(3,4)5/h7-12,21,23,33-34H,13-16H2,1-6H3,(H,30,37)(H,31,35). The Morgan fingerprint density at radius 1 is 1.10 bits per heavy atom. The van der Waals surface area contributed by atoms with E-state index in [0.717, 1.165) is 0 Å². The quantitative estimate of drug-likeness (QED) is 0.301. The van der Waals surface area contributed by atoms with Crippen LogP contribution >= 0.6 is 23.4 Å². The molecule has 0 bridgehead atoms. The Kier molecular flexibility index (Phi) is 11.9. The van der Waals surface area contributed by atoms with Gasteiger partial charge < -0.3 is 30.5 Å². The third-order valence-electron chi connectivity index (χ3n) is 5.82. The van der Waals surface area contributed by atoms with Gasteiger partial charge in [-0.2, -0.15) is 11.8 Å². The van der Waals surface area contributed by atoms with E-state index in [-0.39, 0.29) is 24.3 Å². The zero-order chi connectivity index (χ0) is 29.3. The number of aromatic hydroxyl groups is 1. The van der Waals surface area contributed by atoms with Gasteiger partial charge in [0.1, 0.15) is 23.4 Å². The molecule has 2 rings (SSSR count). The second-order valence-electron chi connectivity index (χ2n) is 10.1. The molecule has 0 aromatic heterocycles. The van der Waals surface area contributed by atoms with Crippen LogP contribution in [0, 0.1) is 13.8 Å². The summed E-state index contributed by atoms with van der Waals surface area (Å²) in [6, 6.07) is 7.64. The van der Waals surface area contributed by atoms with Crippen LogP contribution in [0.1, 0.15) is 49.9 Å². The first-order valence-corrected chi connectivity index (χ1v) is 14.3. The van der Waals surface area contributed by atoms with Crippen LogP contribution in [-0.2, 0) is 14.3 Å². The predicted octanol–water partition coefficient (Wildman–Crippen LogP) is 4.81. The van der Waals surface area contributed by atoms with E-state index in [0.29, 0.717) is 27.6 Å². The number of thioether (sulfide) groups is 1. The Hall–Kier alpha value is -2.95. The average molecular weight is 580 g/mol. The van der Waals surface area contributed by atoms with E-state index >= 15 is 0 Å². The summed E-state index contributed by atoms with van der Waals surface area (Å²) in [5.74, 6) is -0.884. The second-order valence-corrected chi connectivity index (χ2v) is 11.5. The molecule has 39 heavy (non-hydrogen) atoms. The van der Waals surface area contributed by atoms with Crippen molar-refractivity contribution in [2.45, 2.75) is 58.7 Å². The number of hydrogen-bond donors (Lipinski definition) is 4. The first-order chi connectivity index (χ1) is 18.3. The molecule has 214 valence electrons. The smallest absolute Gasteiger partial charge is 0.408 e. The molecule has 2 aromatic carbocycles. The monoisotopic (exact) mass is 579 g/mol. The van der Waals surface area contributed by atoms with Gasteiger partial charge in [0.2, 0.25) is 5.91 Å². The minimum absolute atomic E-state index is 0.162. The summed E-state index contributed by atoms with van der Waals surface area (Å²) in [6.45, 7) is 7.88. The number of halogens is 1. The maximum atomic E-state index is 14.0. The van der Waals surface area contributed by atoms with Crippen molar-refractivity contribution in [1.82, 2.24) is 10.2 Å². The van der Waals surface area contributed by atoms with Crippen molar-refractivity contribution >= 4 is 47.0 Å². The lowest BCUT2D eigenvalue weighted by Crippen LogP contribution is -2.53. The molecule has 9 nitrogen and oxygen atoms in total. The molecule has 2 atom stereocenters. The molecule has 2 aromatic rings. The summed E-state index contributed by atoms with van der Waals surface area (Å²) in [5.41, 5.74) is 0.947. The molecule has 0 saturated carbocycles. The number of rotatable bonds is 11. The zero-order valence-electron chi connectivity index (χ0n) is 23.2. The fourth-order valence-corrected chi connectivity index (χ4v) is 4.69. The van der Waals surface area contributed by atoms with Crippen LogP contribution in [0.25, 0.3) is 0 Å². The zero-order valence-corrected chi connectivity index (χ0v) is 24.8. The number of phenolic OH excluding ortho intramolecular Hbond substituents is 1. The van der Waals surface area contributed by atoms with Gasteiger partial charge in [0, 0.05) is 12.1 Å². The maximum absolute atomic E-state index is 14.0. The van der Waals surface area contributed by atoms with Crippen LogP contribution in [-0.4, -0.2) is 69.8 Å². The lowest BCUT2D eigenvalue weighted by Gasteiger charge is -2.34. The molecule has 0 aliphatic rings. The highest BCUT2D eigenvalue weighted by molar-refractivity contribution is 7.98. The molecule has 0 saturated heterocycles. The number of para-hydroxylation sites is 2. The third-order valence-corrected chi connectivity index (χ3v) is 6.78. The van der Waals surface area contributed by atoms with Gasteiger partial charge in [-0.15, -0.1) is 0 Å². The molecule has 0 aliphatic heterocycles. The van der Waals surface area contributed by atoms with E-state index in [1.54, 1.807) is 71.0 Å². The number of aryl methyl sites for hydroxylation is 2. The van der Waals surface area contributed by atoms with Crippen molar-refractivity contribution in [2.75, 3.05) is 30.5 Å². The van der Waals surface area contributed by atoms with Crippen LogP contribution in [0.4, 0.5) is 10.5 Å². The number of nitrogens with zero attached hydrogens (tertiary/aromatic N) is 1. The number of amides is 3. The highest BCUT2D eigenvalue weighted by Gasteiger charge is 2.37. The number of aliphatic hydroxyl groups excluding tert-OH is 1. The lowest BCUT2D eigenvalue weighted by molar-refractivity contribution is -0.141. The summed E-state index contributed by atoms with van der Waals surface area (Å²) in [5, 5.41) is 26.6. The van der Waals surface area contributed by atoms with Crippen molar-refractivity contribution in [1.29, 1.82) is 0 Å². The minimum Gasteiger partial charge on any atom is -0.507 e. The SMILES string of the molecule is CSCCC(NC(=O)OC(C)(C)C)C(=O)N(CCO)C(C(=O)Nc1c(C)cccc1Cl)c1cccc(C)c1O. The Balaban J connectivity index is 2.58. The molecule has 0 aliphatic carbocycles. The summed E-state index contributed by atoms with van der Waals surface area (Å²) >= 11 is 7.84. The second kappa shape index (κ2) is 14.4. The van der Waals surface area contributed by atoms with Crippen LogP contribution in [0.3, 0.4) is 0 Å². The molecular formula is C28H38ClN3O6S. The number of ether oxygens (including phenoxy) is 1. The van der Waals surface area contributed by atoms with Crippen LogP contribution in [0.15, 0.2) is 36.4 Å². The minimum atomic E-state index is -1.35. The fourth-order valence-electron chi connectivity index (χ4n) is 3.95. The largest absolute Gasteiger partial charge is 0.507 e. The number of phenols is 1. The number of benzene rings is 2. The van der Waals surface area contributed by atoms with Gasteiger partial charge >= 0.3 is 6.09 Å². The molecule has 4 N–H and O–H groups in total. The van der Waals surface area contributed by atoms with Gasteiger partial charge in [0.15, 0.2) is 0 Å². The van der Waals surface area contributed by atoms with E-state index in [4.69, 9.17) is 16.3 Å². The molecule has 0 spiro atoms. The molecular weight excluding hydrogens is 542 g/mol. The lowest BCUT2D eigenvalue weighted by atomic mass is 9.98. The molecule has 0 fully saturated rings. The Bertz CT molecular complexity index is 1150. The Labute approximate surface area is 239 Å². The van der Waals surface area contributed by atoms with Crippen LogP contribution in [0.5, 0.6) is 5.75 Å². The van der Waals surface area contributed by atoms with Gasteiger partial charge in [0.05, 0.1) is 17.3 Å². The van der Waals surface area contributed by atoms with Gasteiger partial charge in [0.25, 0.3) is 5.91 Å². The summed E-state index contributed by atoms with van der Waals surface area (Å²) < 4.78 is 5.36. The van der Waals surface area contributed by atoms with E-state index in [1.807, 2.05) is 6.26 Å². The van der Waals surface area contributed by atoms with E-state index in [2.05, 4.69) is 10.6 Å². The number of aliphatic hydroxyl groups is 1. The maximum Gasteiger partial charge on any atom is 0.408 e. The van der Waals surface area contributed by atoms with E-state index in [9.17, 15) is 24.6 Å². The van der Waals surface area contributed by atoms with Crippen molar-refractivity contribution in [3.8, 4) is 5.75 Å².